The van der Waals surface area contributed by atoms with Crippen LogP contribution in [0.15, 0.2) is 59.2 Å². The average Bonchev–Trinajstić information content (AvgIpc) is 3.13. The van der Waals surface area contributed by atoms with Crippen LogP contribution in [0.25, 0.3) is 6.08 Å². The largest absolute Gasteiger partial charge is 1.00 e. The molecular formula is C31H43O+. The molecule has 0 spiro atoms. The molecule has 0 unspecified atom stereocenters. The molecule has 172 valence electrons. The van der Waals surface area contributed by atoms with Crippen LogP contribution < -0.4 is 0 Å². The first-order chi connectivity index (χ1) is 15.2. The highest BCUT2D eigenvalue weighted by molar-refractivity contribution is 5.52. The molecule has 0 aromatic heterocycles. The van der Waals surface area contributed by atoms with E-state index in [4.69, 9.17) is 0 Å². The van der Waals surface area contributed by atoms with Crippen molar-refractivity contribution in [2.45, 2.75) is 85.7 Å². The number of fused-ring (bicyclic) bond motifs is 4. The van der Waals surface area contributed by atoms with Gasteiger partial charge in [-0.1, -0.05) is 88.8 Å². The first-order valence-corrected chi connectivity index (χ1v) is 13.0. The third kappa shape index (κ3) is 3.22. The highest BCUT2D eigenvalue weighted by Crippen LogP contribution is 2.66. The molecule has 0 saturated heterocycles. The summed E-state index contributed by atoms with van der Waals surface area (Å²) in [6, 6.07) is 10.7. The summed E-state index contributed by atoms with van der Waals surface area (Å²) in [6.07, 6.45) is 15.6. The van der Waals surface area contributed by atoms with E-state index in [2.05, 4.69) is 83.2 Å². The van der Waals surface area contributed by atoms with E-state index in [1.165, 1.54) is 37.7 Å². The van der Waals surface area contributed by atoms with Crippen LogP contribution in [0, 0.1) is 34.0 Å². The van der Waals surface area contributed by atoms with Crippen LogP contribution in [-0.4, -0.2) is 11.2 Å². The Morgan fingerprint density at radius 1 is 1.00 bits per heavy atom. The van der Waals surface area contributed by atoms with Gasteiger partial charge in [0.15, 0.2) is 0 Å². The van der Waals surface area contributed by atoms with Crippen LogP contribution in [0.5, 0.6) is 0 Å². The monoisotopic (exact) mass is 431 g/mol. The molecule has 1 heteroatoms. The first kappa shape index (κ1) is 22.2. The zero-order valence-electron chi connectivity index (χ0n) is 21.8. The standard InChI is InChI=1S/C31H42O/c1-21(11-12-22-9-7-6-8-10-22)24-14-15-25-23-13-16-27-29(2,3)28(32)18-20-31(27,5)26(23)17-19-30(24,25)4/h6-12,15,21,24,27-28,32H,13-14,16-20H2,1-5H3/p+1/b12-11+/t21-,24-,27+,28+,30-,31-/m1/s1. The number of allylic oxidation sites excluding steroid dienone is 5. The van der Waals surface area contributed by atoms with E-state index < -0.39 is 0 Å². The fourth-order valence-electron chi connectivity index (χ4n) is 8.47. The van der Waals surface area contributed by atoms with Crippen molar-refractivity contribution in [1.29, 1.82) is 0 Å². The zero-order valence-corrected chi connectivity index (χ0v) is 20.8. The fraction of sp³-hybridized carbons (Fsp3) is 0.613. The van der Waals surface area contributed by atoms with Crippen LogP contribution in [0.4, 0.5) is 0 Å². The van der Waals surface area contributed by atoms with Gasteiger partial charge in [-0.15, -0.1) is 0 Å². The average molecular weight is 432 g/mol. The van der Waals surface area contributed by atoms with Crippen LogP contribution in [-0.2, 0) is 0 Å². The second-order valence-corrected chi connectivity index (χ2v) is 12.3. The lowest BCUT2D eigenvalue weighted by molar-refractivity contribution is -0.0904. The molecule has 1 nitrogen and oxygen atoms in total. The van der Waals surface area contributed by atoms with Gasteiger partial charge in [-0.3, -0.25) is 0 Å². The van der Waals surface area contributed by atoms with Crippen molar-refractivity contribution in [2.75, 3.05) is 0 Å². The molecule has 1 saturated carbocycles. The molecular weight excluding hydrogens is 388 g/mol. The third-order valence-corrected chi connectivity index (χ3v) is 10.5. The van der Waals surface area contributed by atoms with Gasteiger partial charge in [-0.25, -0.2) is 0 Å². The lowest BCUT2D eigenvalue weighted by Crippen LogP contribution is -2.53. The smallest absolute Gasteiger partial charge is 0.393 e. The summed E-state index contributed by atoms with van der Waals surface area (Å²) in [7, 11) is 0. The molecule has 1 N–H and O–H groups in total. The molecule has 0 amide bonds. The maximum Gasteiger partial charge on any atom is 1.00 e. The van der Waals surface area contributed by atoms with Gasteiger partial charge in [0.25, 0.3) is 0 Å². The molecule has 4 aliphatic carbocycles. The number of benzene rings is 1. The van der Waals surface area contributed by atoms with Crippen LogP contribution in [0.2, 0.25) is 0 Å². The highest BCUT2D eigenvalue weighted by Gasteiger charge is 2.57. The SMILES string of the molecule is C[C@H](/C=C/c1ccccc1)[C@H]1CC=C2C3=C(CC[C@@]21C)[C@@]1(C)CC[C@H](O)C(C)(C)[C@@H]1CC3.[H+]. The predicted octanol–water partition coefficient (Wildman–Crippen LogP) is 8.09. The molecule has 1 fully saturated rings. The van der Waals surface area contributed by atoms with Gasteiger partial charge in [0.1, 0.15) is 0 Å². The van der Waals surface area contributed by atoms with Gasteiger partial charge < -0.3 is 5.11 Å². The summed E-state index contributed by atoms with van der Waals surface area (Å²) in [4.78, 5) is 0. The summed E-state index contributed by atoms with van der Waals surface area (Å²) in [5.74, 6) is 1.88. The number of aliphatic hydroxyl groups is 1. The maximum atomic E-state index is 10.8. The predicted molar refractivity (Wildman–Crippen MR) is 136 cm³/mol. The normalized spacial score (nSPS) is 39.3. The summed E-state index contributed by atoms with van der Waals surface area (Å²) in [5.41, 5.74) is 7.11. The molecule has 0 heterocycles. The molecule has 1 aromatic carbocycles. The van der Waals surface area contributed by atoms with E-state index in [9.17, 15) is 5.11 Å². The van der Waals surface area contributed by atoms with Crippen LogP contribution in [0.3, 0.4) is 0 Å². The number of hydrogen-bond donors (Lipinski definition) is 1. The van der Waals surface area contributed by atoms with Gasteiger partial charge in [0.2, 0.25) is 0 Å². The molecule has 0 aliphatic heterocycles. The molecule has 0 bridgehead atoms. The van der Waals surface area contributed by atoms with Gasteiger partial charge in [-0.2, -0.15) is 0 Å². The quantitative estimate of drug-likeness (QED) is 0.513. The van der Waals surface area contributed by atoms with Crippen molar-refractivity contribution in [1.82, 2.24) is 0 Å². The lowest BCUT2D eigenvalue weighted by atomic mass is 9.46. The molecule has 5 rings (SSSR count). The van der Waals surface area contributed by atoms with E-state index >= 15 is 0 Å². The molecule has 6 atom stereocenters. The minimum atomic E-state index is -0.149. The first-order valence-electron chi connectivity index (χ1n) is 13.0. The van der Waals surface area contributed by atoms with Gasteiger partial charge in [0.05, 0.1) is 6.10 Å². The Balaban J connectivity index is 0.00000259. The summed E-state index contributed by atoms with van der Waals surface area (Å²) in [6.45, 7) is 12.2. The van der Waals surface area contributed by atoms with E-state index in [1.54, 1.807) is 16.7 Å². The van der Waals surface area contributed by atoms with Crippen molar-refractivity contribution in [3.8, 4) is 0 Å². The topological polar surface area (TPSA) is 20.2 Å². The lowest BCUT2D eigenvalue weighted by Gasteiger charge is -2.59. The Morgan fingerprint density at radius 3 is 2.50 bits per heavy atom. The van der Waals surface area contributed by atoms with Crippen molar-refractivity contribution in [2.24, 2.45) is 34.0 Å². The summed E-state index contributed by atoms with van der Waals surface area (Å²) >= 11 is 0. The Labute approximate surface area is 197 Å². The van der Waals surface area contributed by atoms with Gasteiger partial charge >= 0.3 is 1.43 Å². The second-order valence-electron chi connectivity index (χ2n) is 12.3. The fourth-order valence-corrected chi connectivity index (χ4v) is 8.47. The third-order valence-electron chi connectivity index (χ3n) is 10.5. The Bertz CT molecular complexity index is 970. The Morgan fingerprint density at radius 2 is 1.75 bits per heavy atom. The van der Waals surface area contributed by atoms with Crippen molar-refractivity contribution in [3.05, 3.63) is 64.8 Å². The second kappa shape index (κ2) is 7.73. The van der Waals surface area contributed by atoms with Crippen molar-refractivity contribution in [3.63, 3.8) is 0 Å². The Kier molecular flexibility index (Phi) is 5.36. The van der Waals surface area contributed by atoms with E-state index in [-0.39, 0.29) is 18.4 Å². The molecule has 1 aromatic rings. The van der Waals surface area contributed by atoms with Gasteiger partial charge in [0, 0.05) is 0 Å². The highest BCUT2D eigenvalue weighted by atomic mass is 16.3. The molecule has 32 heavy (non-hydrogen) atoms. The van der Waals surface area contributed by atoms with Crippen LogP contribution in [0.1, 0.15) is 86.6 Å². The number of aliphatic hydroxyl groups excluding tert-OH is 1. The number of hydrogen-bond acceptors (Lipinski definition) is 1. The van der Waals surface area contributed by atoms with Crippen LogP contribution >= 0.6 is 0 Å². The van der Waals surface area contributed by atoms with E-state index in [0.29, 0.717) is 23.2 Å². The van der Waals surface area contributed by atoms with Gasteiger partial charge in [-0.05, 0) is 95.7 Å². The Hall–Kier alpha value is -1.60. The maximum absolute atomic E-state index is 10.8. The minimum absolute atomic E-state index is 0. The zero-order chi connectivity index (χ0) is 22.7. The summed E-state index contributed by atoms with van der Waals surface area (Å²) < 4.78 is 0. The van der Waals surface area contributed by atoms with E-state index in [0.717, 1.165) is 12.8 Å². The minimum Gasteiger partial charge on any atom is -0.393 e. The molecule has 0 radical (unpaired) electrons. The summed E-state index contributed by atoms with van der Waals surface area (Å²) in [5, 5.41) is 10.8. The molecule has 4 aliphatic rings. The van der Waals surface area contributed by atoms with Crippen molar-refractivity contribution >= 4 is 6.08 Å². The number of rotatable bonds is 3. The van der Waals surface area contributed by atoms with E-state index in [1.807, 2.05) is 0 Å². The van der Waals surface area contributed by atoms with Crippen molar-refractivity contribution < 1.29 is 6.53 Å².